The highest BCUT2D eigenvalue weighted by Gasteiger charge is 2.37. The fourth-order valence-corrected chi connectivity index (χ4v) is 4.45. The van der Waals surface area contributed by atoms with Gasteiger partial charge in [0.1, 0.15) is 5.75 Å². The highest BCUT2D eigenvalue weighted by Crippen LogP contribution is 2.50. The van der Waals surface area contributed by atoms with Crippen molar-refractivity contribution in [2.75, 3.05) is 0 Å². The first-order chi connectivity index (χ1) is 11.1. The van der Waals surface area contributed by atoms with Crippen LogP contribution in [0.2, 0.25) is 0 Å². The Morgan fingerprint density at radius 1 is 1.17 bits per heavy atom. The van der Waals surface area contributed by atoms with Gasteiger partial charge in [0, 0.05) is 17.7 Å². The maximum Gasteiger partial charge on any atom is 0.511 e. The molecule has 0 heterocycles. The second-order valence-electron chi connectivity index (χ2n) is 6.59. The monoisotopic (exact) mass is 319 g/mol. The highest BCUT2D eigenvalue weighted by atomic mass is 16.7. The molecule has 3 rings (SSSR count). The number of nitrogens with zero attached hydrogens (tertiary/aromatic N) is 1. The molecule has 0 aromatic heterocycles. The number of hydrogen-bond donors (Lipinski definition) is 1. The van der Waals surface area contributed by atoms with Crippen molar-refractivity contribution in [1.82, 2.24) is 0 Å². The summed E-state index contributed by atoms with van der Waals surface area (Å²) in [4.78, 5) is 21.6. The Hall–Kier alpha value is -2.11. The van der Waals surface area contributed by atoms with Crippen molar-refractivity contribution in [3.05, 3.63) is 33.9 Å². The van der Waals surface area contributed by atoms with Gasteiger partial charge in [0.05, 0.1) is 4.92 Å². The average Bonchev–Trinajstić information content (AvgIpc) is 2.54. The minimum absolute atomic E-state index is 0.00401. The summed E-state index contributed by atoms with van der Waals surface area (Å²) in [5.74, 6) is 1.54. The zero-order valence-electron chi connectivity index (χ0n) is 12.9. The van der Waals surface area contributed by atoms with E-state index in [1.165, 1.54) is 43.9 Å². The number of fused-ring (bicyclic) bond motifs is 1. The van der Waals surface area contributed by atoms with E-state index in [1.807, 2.05) is 0 Å². The summed E-state index contributed by atoms with van der Waals surface area (Å²) in [7, 11) is 0. The summed E-state index contributed by atoms with van der Waals surface area (Å²) in [6.07, 6.45) is 6.62. The normalized spacial score (nSPS) is 27.0. The summed E-state index contributed by atoms with van der Waals surface area (Å²) in [5.41, 5.74) is 0.689. The van der Waals surface area contributed by atoms with Crippen molar-refractivity contribution >= 4 is 11.8 Å². The van der Waals surface area contributed by atoms with E-state index < -0.39 is 11.1 Å². The molecule has 0 bridgehead atoms. The molecule has 23 heavy (non-hydrogen) atoms. The number of nitro groups is 1. The third-order valence-electron chi connectivity index (χ3n) is 5.38. The van der Waals surface area contributed by atoms with Gasteiger partial charge in [0.2, 0.25) is 0 Å². The lowest BCUT2D eigenvalue weighted by Gasteiger charge is -2.41. The molecule has 1 aromatic carbocycles. The van der Waals surface area contributed by atoms with Crippen LogP contribution < -0.4 is 4.74 Å². The quantitative estimate of drug-likeness (QED) is 0.376. The lowest BCUT2D eigenvalue weighted by atomic mass is 9.63. The maximum absolute atomic E-state index is 11.1. The molecule has 2 saturated carbocycles. The van der Waals surface area contributed by atoms with Gasteiger partial charge in [-0.2, -0.15) is 0 Å². The first-order valence-electron chi connectivity index (χ1n) is 8.25. The molecule has 2 aliphatic carbocycles. The van der Waals surface area contributed by atoms with Crippen LogP contribution in [0.4, 0.5) is 10.5 Å². The number of nitro benzene ring substituents is 1. The van der Waals surface area contributed by atoms with Gasteiger partial charge in [-0.3, -0.25) is 10.1 Å². The standard InChI is InChI=1S/C17H21NO5/c19-17(20)23-16-9-8-12(18(21)22)10-15(16)14-7-3-5-11-4-1-2-6-13(11)14/h8-11,13-14H,1-7H2,(H,19,20). The van der Waals surface area contributed by atoms with Crippen molar-refractivity contribution in [3.8, 4) is 5.75 Å². The highest BCUT2D eigenvalue weighted by molar-refractivity contribution is 5.63. The van der Waals surface area contributed by atoms with Gasteiger partial charge in [0.15, 0.2) is 0 Å². The van der Waals surface area contributed by atoms with E-state index in [1.54, 1.807) is 0 Å². The van der Waals surface area contributed by atoms with Crippen LogP contribution in [0.15, 0.2) is 18.2 Å². The molecule has 6 nitrogen and oxygen atoms in total. The van der Waals surface area contributed by atoms with Crippen molar-refractivity contribution in [1.29, 1.82) is 0 Å². The summed E-state index contributed by atoms with van der Waals surface area (Å²) in [6, 6.07) is 4.25. The van der Waals surface area contributed by atoms with Crippen LogP contribution in [0.5, 0.6) is 5.75 Å². The van der Waals surface area contributed by atoms with Crippen molar-refractivity contribution < 1.29 is 19.6 Å². The van der Waals surface area contributed by atoms with E-state index in [-0.39, 0.29) is 17.4 Å². The minimum atomic E-state index is -1.38. The molecule has 1 N–H and O–H groups in total. The van der Waals surface area contributed by atoms with E-state index in [4.69, 9.17) is 9.84 Å². The molecule has 2 aliphatic rings. The summed E-state index contributed by atoms with van der Waals surface area (Å²) >= 11 is 0. The number of carbonyl (C=O) groups is 1. The summed E-state index contributed by atoms with van der Waals surface area (Å²) in [5, 5.41) is 20.0. The Morgan fingerprint density at radius 3 is 2.65 bits per heavy atom. The zero-order chi connectivity index (χ0) is 16.4. The first-order valence-corrected chi connectivity index (χ1v) is 8.25. The SMILES string of the molecule is O=C(O)Oc1ccc([N+](=O)[O-])cc1C1CCCC2CCCCC21. The van der Waals surface area contributed by atoms with Crippen LogP contribution in [-0.4, -0.2) is 16.2 Å². The number of carboxylic acid groups (broad SMARTS) is 1. The lowest BCUT2D eigenvalue weighted by molar-refractivity contribution is -0.385. The van der Waals surface area contributed by atoms with Gasteiger partial charge in [-0.25, -0.2) is 4.79 Å². The predicted molar refractivity (Wildman–Crippen MR) is 83.8 cm³/mol. The second-order valence-corrected chi connectivity index (χ2v) is 6.59. The Bertz CT molecular complexity index is 613. The molecule has 124 valence electrons. The number of non-ortho nitro benzene ring substituents is 1. The molecule has 3 atom stereocenters. The largest absolute Gasteiger partial charge is 0.511 e. The number of hydrogen-bond acceptors (Lipinski definition) is 4. The number of ether oxygens (including phenoxy) is 1. The molecular formula is C17H21NO5. The fraction of sp³-hybridized carbons (Fsp3) is 0.588. The molecule has 0 amide bonds. The van der Waals surface area contributed by atoms with Crippen LogP contribution in [0.25, 0.3) is 0 Å². The van der Waals surface area contributed by atoms with E-state index in [0.717, 1.165) is 19.3 Å². The predicted octanol–water partition coefficient (Wildman–Crippen LogP) is 4.73. The topological polar surface area (TPSA) is 89.7 Å². The van der Waals surface area contributed by atoms with Crippen LogP contribution >= 0.6 is 0 Å². The van der Waals surface area contributed by atoms with E-state index in [2.05, 4.69) is 0 Å². The molecule has 3 unspecified atom stereocenters. The van der Waals surface area contributed by atoms with Gasteiger partial charge in [-0.05, 0) is 36.7 Å². The minimum Gasteiger partial charge on any atom is -0.449 e. The zero-order valence-corrected chi connectivity index (χ0v) is 12.9. The maximum atomic E-state index is 11.1. The van der Waals surface area contributed by atoms with E-state index in [0.29, 0.717) is 17.4 Å². The Morgan fingerprint density at radius 2 is 1.91 bits per heavy atom. The molecular weight excluding hydrogens is 298 g/mol. The van der Waals surface area contributed by atoms with E-state index >= 15 is 0 Å². The molecule has 2 fully saturated rings. The Labute approximate surface area is 134 Å². The van der Waals surface area contributed by atoms with Crippen LogP contribution in [0.1, 0.15) is 56.4 Å². The fourth-order valence-electron chi connectivity index (χ4n) is 4.45. The summed E-state index contributed by atoms with van der Waals surface area (Å²) in [6.45, 7) is 0. The first kappa shape index (κ1) is 15.8. The van der Waals surface area contributed by atoms with Gasteiger partial charge in [-0.15, -0.1) is 0 Å². The smallest absolute Gasteiger partial charge is 0.449 e. The Kier molecular flexibility index (Phi) is 4.50. The Balaban J connectivity index is 1.98. The third-order valence-corrected chi connectivity index (χ3v) is 5.38. The molecule has 0 saturated heterocycles. The lowest BCUT2D eigenvalue weighted by Crippen LogP contribution is -2.30. The van der Waals surface area contributed by atoms with Crippen LogP contribution in [-0.2, 0) is 0 Å². The van der Waals surface area contributed by atoms with Gasteiger partial charge >= 0.3 is 6.16 Å². The van der Waals surface area contributed by atoms with Gasteiger partial charge < -0.3 is 9.84 Å². The third kappa shape index (κ3) is 3.30. The molecule has 0 spiro atoms. The van der Waals surface area contributed by atoms with Crippen LogP contribution in [0.3, 0.4) is 0 Å². The van der Waals surface area contributed by atoms with Crippen molar-refractivity contribution in [3.63, 3.8) is 0 Å². The van der Waals surface area contributed by atoms with E-state index in [9.17, 15) is 14.9 Å². The molecule has 1 aromatic rings. The van der Waals surface area contributed by atoms with Crippen molar-refractivity contribution in [2.45, 2.75) is 50.9 Å². The number of rotatable bonds is 3. The molecule has 0 aliphatic heterocycles. The number of benzene rings is 1. The molecule has 6 heteroatoms. The van der Waals surface area contributed by atoms with Gasteiger partial charge in [0.25, 0.3) is 5.69 Å². The van der Waals surface area contributed by atoms with Crippen LogP contribution in [0, 0.1) is 22.0 Å². The van der Waals surface area contributed by atoms with Crippen molar-refractivity contribution in [2.24, 2.45) is 11.8 Å². The van der Waals surface area contributed by atoms with Gasteiger partial charge in [-0.1, -0.05) is 32.1 Å². The second kappa shape index (κ2) is 6.56. The average molecular weight is 319 g/mol. The molecule has 0 radical (unpaired) electrons. The summed E-state index contributed by atoms with van der Waals surface area (Å²) < 4.78 is 4.91.